The average molecular weight is 559 g/mol. The normalized spacial score (nSPS) is 28.9. The molecule has 5 atom stereocenters. The number of amides is 2. The van der Waals surface area contributed by atoms with E-state index in [0.29, 0.717) is 55.8 Å². The molecule has 2 amide bonds. The second-order valence-corrected chi connectivity index (χ2v) is 11.1. The number of esters is 1. The number of para-hydroxylation sites is 1. The lowest BCUT2D eigenvalue weighted by Gasteiger charge is -2.37. The van der Waals surface area contributed by atoms with E-state index in [4.69, 9.17) is 21.1 Å². The Balaban J connectivity index is 1.81. The zero-order valence-corrected chi connectivity index (χ0v) is 23.6. The third kappa shape index (κ3) is 4.81. The van der Waals surface area contributed by atoms with E-state index >= 15 is 0 Å². The SMILES string of the molecule is C=CCOC(=O)[C@H]1[C@H]2C(=O)N(CCCCCO)C(C(=O)N(CC=C)c3c(C)cccc3Cl)C23CC[C@]1(CC)O3. The Morgan fingerprint density at radius 2 is 2.03 bits per heavy atom. The summed E-state index contributed by atoms with van der Waals surface area (Å²) in [6.07, 6.45) is 6.58. The molecule has 0 aliphatic carbocycles. The minimum atomic E-state index is -1.16. The molecule has 3 aliphatic heterocycles. The summed E-state index contributed by atoms with van der Waals surface area (Å²) < 4.78 is 12.3. The summed E-state index contributed by atoms with van der Waals surface area (Å²) in [5.74, 6) is -2.70. The lowest BCUT2D eigenvalue weighted by Crippen LogP contribution is -2.56. The molecule has 9 heteroatoms. The van der Waals surface area contributed by atoms with Crippen LogP contribution in [0.3, 0.4) is 0 Å². The molecule has 212 valence electrons. The van der Waals surface area contributed by atoms with Crippen molar-refractivity contribution in [3.63, 3.8) is 0 Å². The topological polar surface area (TPSA) is 96.4 Å². The number of benzene rings is 1. The number of carbonyl (C=O) groups is 3. The van der Waals surface area contributed by atoms with Gasteiger partial charge in [0.1, 0.15) is 24.2 Å². The number of hydrogen-bond acceptors (Lipinski definition) is 6. The summed E-state index contributed by atoms with van der Waals surface area (Å²) >= 11 is 6.61. The van der Waals surface area contributed by atoms with Crippen molar-refractivity contribution in [1.82, 2.24) is 4.90 Å². The van der Waals surface area contributed by atoms with Gasteiger partial charge in [0.15, 0.2) is 0 Å². The molecule has 1 N–H and O–H groups in total. The van der Waals surface area contributed by atoms with Crippen molar-refractivity contribution in [3.05, 3.63) is 54.1 Å². The highest BCUT2D eigenvalue weighted by Gasteiger charge is 2.79. The van der Waals surface area contributed by atoms with Crippen LogP contribution in [-0.2, 0) is 23.9 Å². The molecule has 2 unspecified atom stereocenters. The Labute approximate surface area is 235 Å². The summed E-state index contributed by atoms with van der Waals surface area (Å²) in [5, 5.41) is 9.68. The van der Waals surface area contributed by atoms with Crippen LogP contribution in [0.25, 0.3) is 0 Å². The second kappa shape index (κ2) is 11.8. The summed E-state index contributed by atoms with van der Waals surface area (Å²) in [6, 6.07) is 4.50. The first-order valence-corrected chi connectivity index (χ1v) is 14.2. The number of hydrogen-bond donors (Lipinski definition) is 1. The van der Waals surface area contributed by atoms with Crippen LogP contribution in [0.4, 0.5) is 5.69 Å². The van der Waals surface area contributed by atoms with Gasteiger partial charge in [0.25, 0.3) is 5.91 Å². The molecular formula is C30H39ClN2O6. The Morgan fingerprint density at radius 1 is 1.26 bits per heavy atom. The van der Waals surface area contributed by atoms with Gasteiger partial charge in [0.2, 0.25) is 5.91 Å². The van der Waals surface area contributed by atoms with Gasteiger partial charge < -0.3 is 24.4 Å². The average Bonchev–Trinajstić information content (AvgIpc) is 3.52. The Hall–Kier alpha value is -2.68. The minimum absolute atomic E-state index is 0.0369. The highest BCUT2D eigenvalue weighted by Crippen LogP contribution is 2.64. The first kappa shape index (κ1) is 29.3. The van der Waals surface area contributed by atoms with Crippen molar-refractivity contribution in [2.24, 2.45) is 11.8 Å². The van der Waals surface area contributed by atoms with E-state index in [1.54, 1.807) is 21.9 Å². The van der Waals surface area contributed by atoms with Crippen LogP contribution < -0.4 is 4.90 Å². The first-order chi connectivity index (χ1) is 18.7. The third-order valence-electron chi connectivity index (χ3n) is 8.61. The van der Waals surface area contributed by atoms with Crippen molar-refractivity contribution in [3.8, 4) is 0 Å². The number of aryl methyl sites for hydroxylation is 1. The third-order valence-corrected chi connectivity index (χ3v) is 8.91. The van der Waals surface area contributed by atoms with Crippen molar-refractivity contribution in [2.75, 3.05) is 31.2 Å². The molecule has 1 aromatic rings. The molecule has 0 radical (unpaired) electrons. The largest absolute Gasteiger partial charge is 0.461 e. The molecule has 0 saturated carbocycles. The Kier molecular flexibility index (Phi) is 8.88. The number of carbonyl (C=O) groups excluding carboxylic acids is 3. The monoisotopic (exact) mass is 558 g/mol. The predicted octanol–water partition coefficient (Wildman–Crippen LogP) is 4.21. The van der Waals surface area contributed by atoms with Crippen LogP contribution in [-0.4, -0.2) is 71.3 Å². The van der Waals surface area contributed by atoms with Crippen LogP contribution >= 0.6 is 11.6 Å². The molecule has 3 heterocycles. The van der Waals surface area contributed by atoms with Gasteiger partial charge in [-0.2, -0.15) is 0 Å². The molecule has 0 aromatic heterocycles. The molecular weight excluding hydrogens is 520 g/mol. The molecule has 1 spiro atoms. The minimum Gasteiger partial charge on any atom is -0.461 e. The standard InChI is InChI=1S/C30H39ClN2O6/c1-5-16-32(24-20(4)12-11-13-21(24)31)27(36)25-30-15-14-29(7-3,39-30)23(28(37)38-19-6-2)22(30)26(35)33(25)17-9-8-10-18-34/h5-6,11-13,22-23,25,34H,1-2,7-10,14-19H2,3-4H3/t22-,23+,25?,29-,30?/m0/s1. The first-order valence-electron chi connectivity index (χ1n) is 13.8. The molecule has 39 heavy (non-hydrogen) atoms. The van der Waals surface area contributed by atoms with Gasteiger partial charge in [-0.15, -0.1) is 6.58 Å². The number of nitrogens with zero attached hydrogens (tertiary/aromatic N) is 2. The van der Waals surface area contributed by atoms with Gasteiger partial charge in [-0.3, -0.25) is 14.4 Å². The van der Waals surface area contributed by atoms with E-state index in [-0.39, 0.29) is 31.6 Å². The number of ether oxygens (including phenoxy) is 2. The van der Waals surface area contributed by atoms with E-state index in [9.17, 15) is 19.5 Å². The Bertz CT molecular complexity index is 1120. The number of likely N-dealkylation sites (tertiary alicyclic amines) is 1. The fourth-order valence-electron chi connectivity index (χ4n) is 6.93. The molecule has 8 nitrogen and oxygen atoms in total. The molecule has 3 saturated heterocycles. The number of rotatable bonds is 13. The van der Waals surface area contributed by atoms with E-state index in [1.807, 2.05) is 26.0 Å². The number of fused-ring (bicyclic) bond motifs is 1. The van der Waals surface area contributed by atoms with Crippen LogP contribution in [0.1, 0.15) is 51.0 Å². The van der Waals surface area contributed by atoms with Gasteiger partial charge in [-0.25, -0.2) is 0 Å². The van der Waals surface area contributed by atoms with Gasteiger partial charge in [-0.1, -0.05) is 49.4 Å². The number of anilines is 1. The number of aliphatic hydroxyl groups is 1. The molecule has 3 aliphatic rings. The van der Waals surface area contributed by atoms with Gasteiger partial charge in [-0.05, 0) is 57.1 Å². The van der Waals surface area contributed by atoms with Crippen LogP contribution in [0.15, 0.2) is 43.5 Å². The Morgan fingerprint density at radius 3 is 2.67 bits per heavy atom. The zero-order valence-electron chi connectivity index (χ0n) is 22.9. The fraction of sp³-hybridized carbons (Fsp3) is 0.567. The zero-order chi connectivity index (χ0) is 28.4. The predicted molar refractivity (Wildman–Crippen MR) is 149 cm³/mol. The van der Waals surface area contributed by atoms with Crippen LogP contribution in [0, 0.1) is 18.8 Å². The molecule has 3 fully saturated rings. The van der Waals surface area contributed by atoms with Gasteiger partial charge >= 0.3 is 5.97 Å². The molecule has 1 aromatic carbocycles. The van der Waals surface area contributed by atoms with Crippen LogP contribution in [0.2, 0.25) is 5.02 Å². The maximum atomic E-state index is 14.6. The van der Waals surface area contributed by atoms with Gasteiger partial charge in [0, 0.05) is 19.7 Å². The summed E-state index contributed by atoms with van der Waals surface area (Å²) in [4.78, 5) is 45.4. The lowest BCUT2D eigenvalue weighted by atomic mass is 9.65. The summed E-state index contributed by atoms with van der Waals surface area (Å²) in [6.45, 7) is 11.9. The van der Waals surface area contributed by atoms with E-state index in [2.05, 4.69) is 13.2 Å². The van der Waals surface area contributed by atoms with E-state index < -0.39 is 35.0 Å². The van der Waals surface area contributed by atoms with Gasteiger partial charge in [0.05, 0.1) is 22.2 Å². The lowest BCUT2D eigenvalue weighted by molar-refractivity contribution is -0.159. The van der Waals surface area contributed by atoms with E-state index in [1.165, 1.54) is 6.08 Å². The molecule has 2 bridgehead atoms. The highest BCUT2D eigenvalue weighted by molar-refractivity contribution is 6.34. The quantitative estimate of drug-likeness (QED) is 0.221. The summed E-state index contributed by atoms with van der Waals surface area (Å²) in [5.41, 5.74) is -0.647. The second-order valence-electron chi connectivity index (χ2n) is 10.7. The maximum absolute atomic E-state index is 14.6. The smallest absolute Gasteiger partial charge is 0.313 e. The number of aliphatic hydroxyl groups excluding tert-OH is 1. The number of unbranched alkanes of at least 4 members (excludes halogenated alkanes) is 2. The van der Waals surface area contributed by atoms with E-state index in [0.717, 1.165) is 5.56 Å². The number of halogens is 1. The fourth-order valence-corrected chi connectivity index (χ4v) is 7.25. The van der Waals surface area contributed by atoms with Crippen molar-refractivity contribution in [1.29, 1.82) is 0 Å². The summed E-state index contributed by atoms with van der Waals surface area (Å²) in [7, 11) is 0. The van der Waals surface area contributed by atoms with Crippen molar-refractivity contribution < 1.29 is 29.0 Å². The van der Waals surface area contributed by atoms with Crippen LogP contribution in [0.5, 0.6) is 0 Å². The highest BCUT2D eigenvalue weighted by atomic mass is 35.5. The molecule has 4 rings (SSSR count). The van der Waals surface area contributed by atoms with Crippen molar-refractivity contribution in [2.45, 2.75) is 69.6 Å². The maximum Gasteiger partial charge on any atom is 0.313 e. The van der Waals surface area contributed by atoms with Crippen molar-refractivity contribution >= 4 is 35.1 Å².